The standard InChI is InChI=1S/C18H24N2O/c1-13-10-15(11-19-16-6-7-16)5-9-18(13)20(3)12-17-8-4-14(2)21-17/h4-5,8-10,16,19H,6-7,11-12H2,1-3H3. The summed E-state index contributed by atoms with van der Waals surface area (Å²) in [4.78, 5) is 2.24. The monoisotopic (exact) mass is 284 g/mol. The van der Waals surface area contributed by atoms with Crippen LogP contribution in [-0.4, -0.2) is 13.1 Å². The lowest BCUT2D eigenvalue weighted by Gasteiger charge is -2.21. The summed E-state index contributed by atoms with van der Waals surface area (Å²) >= 11 is 0. The van der Waals surface area contributed by atoms with Gasteiger partial charge in [0.15, 0.2) is 0 Å². The van der Waals surface area contributed by atoms with Gasteiger partial charge in [0.25, 0.3) is 0 Å². The maximum absolute atomic E-state index is 5.66. The highest BCUT2D eigenvalue weighted by atomic mass is 16.3. The third-order valence-corrected chi connectivity index (χ3v) is 4.03. The van der Waals surface area contributed by atoms with Gasteiger partial charge in [0, 0.05) is 25.3 Å². The SMILES string of the molecule is Cc1ccc(CN(C)c2ccc(CNC3CC3)cc2C)o1. The molecule has 1 aliphatic rings. The first-order valence-electron chi connectivity index (χ1n) is 7.71. The first kappa shape index (κ1) is 14.2. The maximum atomic E-state index is 5.66. The fourth-order valence-electron chi connectivity index (χ4n) is 2.69. The van der Waals surface area contributed by atoms with Crippen molar-refractivity contribution in [3.8, 4) is 0 Å². The average molecular weight is 284 g/mol. The normalized spacial score (nSPS) is 14.4. The number of benzene rings is 1. The predicted molar refractivity (Wildman–Crippen MR) is 86.6 cm³/mol. The van der Waals surface area contributed by atoms with E-state index >= 15 is 0 Å². The van der Waals surface area contributed by atoms with Crippen molar-refractivity contribution in [2.45, 2.75) is 45.8 Å². The van der Waals surface area contributed by atoms with Crippen molar-refractivity contribution in [2.24, 2.45) is 0 Å². The van der Waals surface area contributed by atoms with E-state index < -0.39 is 0 Å². The molecule has 0 unspecified atom stereocenters. The number of nitrogens with zero attached hydrogens (tertiary/aromatic N) is 1. The average Bonchev–Trinajstić information content (AvgIpc) is 3.19. The van der Waals surface area contributed by atoms with Gasteiger partial charge in [-0.2, -0.15) is 0 Å². The van der Waals surface area contributed by atoms with E-state index in [1.807, 2.05) is 13.0 Å². The van der Waals surface area contributed by atoms with Gasteiger partial charge < -0.3 is 14.6 Å². The number of aryl methyl sites for hydroxylation is 2. The molecule has 3 rings (SSSR count). The summed E-state index contributed by atoms with van der Waals surface area (Å²) in [5.74, 6) is 1.98. The summed E-state index contributed by atoms with van der Waals surface area (Å²) in [6.45, 7) is 5.94. The first-order chi connectivity index (χ1) is 10.1. The lowest BCUT2D eigenvalue weighted by Crippen LogP contribution is -2.18. The van der Waals surface area contributed by atoms with Crippen molar-refractivity contribution in [1.82, 2.24) is 5.32 Å². The lowest BCUT2D eigenvalue weighted by molar-refractivity contribution is 0.481. The Balaban J connectivity index is 1.65. The van der Waals surface area contributed by atoms with E-state index in [1.54, 1.807) is 0 Å². The van der Waals surface area contributed by atoms with Crippen LogP contribution >= 0.6 is 0 Å². The van der Waals surface area contributed by atoms with Crippen LogP contribution in [0.5, 0.6) is 0 Å². The van der Waals surface area contributed by atoms with Gasteiger partial charge in [-0.25, -0.2) is 0 Å². The van der Waals surface area contributed by atoms with Crippen molar-refractivity contribution >= 4 is 5.69 Å². The van der Waals surface area contributed by atoms with Gasteiger partial charge in [-0.1, -0.05) is 12.1 Å². The second kappa shape index (κ2) is 5.94. The lowest BCUT2D eigenvalue weighted by atomic mass is 10.1. The van der Waals surface area contributed by atoms with Crippen molar-refractivity contribution in [1.29, 1.82) is 0 Å². The second-order valence-electron chi connectivity index (χ2n) is 6.14. The van der Waals surface area contributed by atoms with Crippen LogP contribution in [0.15, 0.2) is 34.7 Å². The molecule has 0 spiro atoms. The topological polar surface area (TPSA) is 28.4 Å². The fraction of sp³-hybridized carbons (Fsp3) is 0.444. The van der Waals surface area contributed by atoms with Crippen molar-refractivity contribution in [2.75, 3.05) is 11.9 Å². The third-order valence-electron chi connectivity index (χ3n) is 4.03. The Morgan fingerprint density at radius 2 is 2.00 bits per heavy atom. The number of rotatable bonds is 6. The van der Waals surface area contributed by atoms with Crippen LogP contribution in [0.2, 0.25) is 0 Å². The molecule has 112 valence electrons. The molecule has 1 aliphatic carbocycles. The molecule has 0 aliphatic heterocycles. The molecule has 1 aromatic heterocycles. The van der Waals surface area contributed by atoms with E-state index in [2.05, 4.69) is 48.5 Å². The predicted octanol–water partition coefficient (Wildman–Crippen LogP) is 3.78. The summed E-state index contributed by atoms with van der Waals surface area (Å²) in [5, 5.41) is 3.56. The largest absolute Gasteiger partial charge is 0.464 e. The molecule has 1 saturated carbocycles. The molecule has 1 N–H and O–H groups in total. The molecule has 0 saturated heterocycles. The molecule has 1 heterocycles. The summed E-state index contributed by atoms with van der Waals surface area (Å²) in [6.07, 6.45) is 2.67. The van der Waals surface area contributed by atoms with Crippen molar-refractivity contribution in [3.05, 3.63) is 53.0 Å². The summed E-state index contributed by atoms with van der Waals surface area (Å²) in [6, 6.07) is 11.6. The minimum atomic E-state index is 0.759. The zero-order valence-corrected chi connectivity index (χ0v) is 13.1. The Bertz CT molecular complexity index is 613. The highest BCUT2D eigenvalue weighted by Crippen LogP contribution is 2.24. The van der Waals surface area contributed by atoms with Crippen molar-refractivity contribution in [3.63, 3.8) is 0 Å². The van der Waals surface area contributed by atoms with Gasteiger partial charge in [0.2, 0.25) is 0 Å². The maximum Gasteiger partial charge on any atom is 0.123 e. The second-order valence-corrected chi connectivity index (χ2v) is 6.14. The molecule has 0 radical (unpaired) electrons. The van der Waals surface area contributed by atoms with Crippen LogP contribution in [0.3, 0.4) is 0 Å². The van der Waals surface area contributed by atoms with Crippen LogP contribution in [0, 0.1) is 13.8 Å². The molecule has 2 aromatic rings. The number of hydrogen-bond donors (Lipinski definition) is 1. The van der Waals surface area contributed by atoms with Crippen molar-refractivity contribution < 1.29 is 4.42 Å². The molecule has 21 heavy (non-hydrogen) atoms. The van der Waals surface area contributed by atoms with E-state index in [0.29, 0.717) is 0 Å². The van der Waals surface area contributed by atoms with Crippen LogP contribution in [-0.2, 0) is 13.1 Å². The van der Waals surface area contributed by atoms with Crippen LogP contribution in [0.4, 0.5) is 5.69 Å². The highest BCUT2D eigenvalue weighted by molar-refractivity contribution is 5.54. The summed E-state index contributed by atoms with van der Waals surface area (Å²) in [7, 11) is 2.11. The van der Waals surface area contributed by atoms with E-state index in [4.69, 9.17) is 4.42 Å². The Morgan fingerprint density at radius 3 is 2.62 bits per heavy atom. The summed E-state index contributed by atoms with van der Waals surface area (Å²) in [5.41, 5.74) is 3.94. The van der Waals surface area contributed by atoms with Gasteiger partial charge in [0.05, 0.1) is 6.54 Å². The number of nitrogens with one attached hydrogen (secondary N) is 1. The molecule has 0 bridgehead atoms. The molecular weight excluding hydrogens is 260 g/mol. The Labute approximate surface area is 127 Å². The minimum absolute atomic E-state index is 0.759. The minimum Gasteiger partial charge on any atom is -0.464 e. The quantitative estimate of drug-likeness (QED) is 0.875. The molecule has 1 aromatic carbocycles. The number of furan rings is 1. The molecule has 0 atom stereocenters. The zero-order valence-electron chi connectivity index (χ0n) is 13.1. The fourth-order valence-corrected chi connectivity index (χ4v) is 2.69. The van der Waals surface area contributed by atoms with E-state index in [0.717, 1.165) is 30.7 Å². The first-order valence-corrected chi connectivity index (χ1v) is 7.71. The van der Waals surface area contributed by atoms with E-state index in [-0.39, 0.29) is 0 Å². The number of hydrogen-bond acceptors (Lipinski definition) is 3. The van der Waals surface area contributed by atoms with Gasteiger partial charge in [-0.05, 0) is 56.0 Å². The number of anilines is 1. The Hall–Kier alpha value is -1.74. The van der Waals surface area contributed by atoms with Gasteiger partial charge in [0.1, 0.15) is 11.5 Å². The van der Waals surface area contributed by atoms with E-state index in [9.17, 15) is 0 Å². The molecule has 3 heteroatoms. The highest BCUT2D eigenvalue weighted by Gasteiger charge is 2.20. The van der Waals surface area contributed by atoms with Crippen LogP contribution in [0.25, 0.3) is 0 Å². The van der Waals surface area contributed by atoms with Gasteiger partial charge in [-0.3, -0.25) is 0 Å². The van der Waals surface area contributed by atoms with Gasteiger partial charge >= 0.3 is 0 Å². The Kier molecular flexibility index (Phi) is 4.02. The summed E-state index contributed by atoms with van der Waals surface area (Å²) < 4.78 is 5.66. The third kappa shape index (κ3) is 3.67. The van der Waals surface area contributed by atoms with Gasteiger partial charge in [-0.15, -0.1) is 0 Å². The molecule has 1 fully saturated rings. The Morgan fingerprint density at radius 1 is 1.19 bits per heavy atom. The van der Waals surface area contributed by atoms with Crippen LogP contribution in [0.1, 0.15) is 35.5 Å². The smallest absolute Gasteiger partial charge is 0.123 e. The molecule has 3 nitrogen and oxygen atoms in total. The van der Waals surface area contributed by atoms with E-state index in [1.165, 1.54) is 29.7 Å². The van der Waals surface area contributed by atoms with Crippen LogP contribution < -0.4 is 10.2 Å². The molecular formula is C18H24N2O. The molecule has 0 amide bonds. The zero-order chi connectivity index (χ0) is 14.8.